The molecule has 0 saturated carbocycles. The number of nitrogens with zero attached hydrogens (tertiary/aromatic N) is 2. The molecule has 0 radical (unpaired) electrons. The van der Waals surface area contributed by atoms with Gasteiger partial charge in [0.25, 0.3) is 0 Å². The lowest BCUT2D eigenvalue weighted by molar-refractivity contribution is 0.0268. The first-order valence-corrected chi connectivity index (χ1v) is 7.29. The van der Waals surface area contributed by atoms with Crippen molar-refractivity contribution in [1.29, 1.82) is 0 Å². The molecule has 120 valence electrons. The smallest absolute Gasteiger partial charge is 0.191 e. The van der Waals surface area contributed by atoms with Crippen LogP contribution in [0.5, 0.6) is 0 Å². The zero-order chi connectivity index (χ0) is 14.1. The van der Waals surface area contributed by atoms with Crippen molar-refractivity contribution in [1.82, 2.24) is 15.5 Å². The lowest BCUT2D eigenvalue weighted by Crippen LogP contribution is -2.45. The summed E-state index contributed by atoms with van der Waals surface area (Å²) in [5, 5.41) is 6.64. The molecule has 1 aliphatic rings. The van der Waals surface area contributed by atoms with E-state index in [0.29, 0.717) is 0 Å². The Morgan fingerprint density at radius 1 is 1.25 bits per heavy atom. The van der Waals surface area contributed by atoms with Gasteiger partial charge in [-0.25, -0.2) is 0 Å². The monoisotopic (exact) mass is 398 g/mol. The van der Waals surface area contributed by atoms with Gasteiger partial charge < -0.3 is 20.3 Å². The lowest BCUT2D eigenvalue weighted by atomic mass is 10.1. The van der Waals surface area contributed by atoms with Crippen molar-refractivity contribution in [2.45, 2.75) is 38.7 Å². The third-order valence-corrected chi connectivity index (χ3v) is 3.60. The molecule has 0 amide bonds. The molecule has 2 N–H and O–H groups in total. The van der Waals surface area contributed by atoms with Crippen LogP contribution in [0.15, 0.2) is 4.99 Å². The van der Waals surface area contributed by atoms with E-state index in [-0.39, 0.29) is 29.6 Å². The van der Waals surface area contributed by atoms with Gasteiger partial charge in [-0.15, -0.1) is 24.0 Å². The second kappa shape index (κ2) is 10.6. The van der Waals surface area contributed by atoms with Crippen LogP contribution in [0.1, 0.15) is 33.1 Å². The normalized spacial score (nSPS) is 16.9. The van der Waals surface area contributed by atoms with E-state index < -0.39 is 0 Å². The number of rotatable bonds is 7. The molecular weight excluding hydrogens is 367 g/mol. The van der Waals surface area contributed by atoms with Gasteiger partial charge in [0.05, 0.1) is 5.60 Å². The number of likely N-dealkylation sites (tertiary alicyclic amines) is 1. The Hall–Kier alpha value is -0.0800. The minimum atomic E-state index is -0.173. The molecule has 0 spiro atoms. The zero-order valence-electron chi connectivity index (χ0n) is 13.4. The predicted molar refractivity (Wildman–Crippen MR) is 96.2 cm³/mol. The second-order valence-corrected chi connectivity index (χ2v) is 5.72. The third kappa shape index (κ3) is 8.26. The molecule has 1 heterocycles. The highest BCUT2D eigenvalue weighted by molar-refractivity contribution is 14.0. The highest BCUT2D eigenvalue weighted by atomic mass is 127. The minimum absolute atomic E-state index is 0. The third-order valence-electron chi connectivity index (χ3n) is 3.60. The standard InChI is InChI=1S/C14H30N4O.HI/c1-14(2,19-4)12-17-13(15-3)16-8-7-11-18-9-5-6-10-18;/h5-12H2,1-4H3,(H2,15,16,17);1H. The van der Waals surface area contributed by atoms with Crippen LogP contribution in [0.3, 0.4) is 0 Å². The molecule has 1 saturated heterocycles. The van der Waals surface area contributed by atoms with Crippen molar-refractivity contribution in [3.05, 3.63) is 0 Å². The Balaban J connectivity index is 0.00000361. The van der Waals surface area contributed by atoms with Gasteiger partial charge in [-0.2, -0.15) is 0 Å². The summed E-state index contributed by atoms with van der Waals surface area (Å²) < 4.78 is 5.37. The Labute approximate surface area is 140 Å². The molecule has 0 aromatic carbocycles. The van der Waals surface area contributed by atoms with E-state index in [4.69, 9.17) is 4.74 Å². The van der Waals surface area contributed by atoms with E-state index >= 15 is 0 Å². The van der Waals surface area contributed by atoms with Gasteiger partial charge in [-0.05, 0) is 52.7 Å². The summed E-state index contributed by atoms with van der Waals surface area (Å²) in [7, 11) is 3.53. The Morgan fingerprint density at radius 3 is 2.45 bits per heavy atom. The molecule has 0 aromatic heterocycles. The minimum Gasteiger partial charge on any atom is -0.377 e. The van der Waals surface area contributed by atoms with Gasteiger partial charge in [0, 0.05) is 27.2 Å². The molecule has 20 heavy (non-hydrogen) atoms. The largest absolute Gasteiger partial charge is 0.377 e. The van der Waals surface area contributed by atoms with Crippen molar-refractivity contribution >= 4 is 29.9 Å². The number of methoxy groups -OCH3 is 1. The van der Waals surface area contributed by atoms with E-state index in [2.05, 4.69) is 34.4 Å². The van der Waals surface area contributed by atoms with Crippen LogP contribution in [-0.2, 0) is 4.74 Å². The number of hydrogen-bond donors (Lipinski definition) is 2. The van der Waals surface area contributed by atoms with Gasteiger partial charge in [0.1, 0.15) is 0 Å². The predicted octanol–water partition coefficient (Wildman–Crippen LogP) is 1.68. The Kier molecular flexibility index (Phi) is 10.6. The summed E-state index contributed by atoms with van der Waals surface area (Å²) in [6, 6.07) is 0. The molecule has 1 aliphatic heterocycles. The molecule has 0 aromatic rings. The fourth-order valence-corrected chi connectivity index (χ4v) is 2.11. The van der Waals surface area contributed by atoms with Gasteiger partial charge in [0.15, 0.2) is 5.96 Å². The maximum atomic E-state index is 5.37. The summed E-state index contributed by atoms with van der Waals surface area (Å²) >= 11 is 0. The Morgan fingerprint density at radius 2 is 1.90 bits per heavy atom. The summed E-state index contributed by atoms with van der Waals surface area (Å²) in [4.78, 5) is 6.75. The Bertz CT molecular complexity index is 278. The van der Waals surface area contributed by atoms with Crippen molar-refractivity contribution in [3.8, 4) is 0 Å². The number of guanidine groups is 1. The fourth-order valence-electron chi connectivity index (χ4n) is 2.11. The van der Waals surface area contributed by atoms with Crippen LogP contribution in [0, 0.1) is 0 Å². The maximum absolute atomic E-state index is 5.37. The van der Waals surface area contributed by atoms with Crippen LogP contribution in [0.25, 0.3) is 0 Å². The number of halogens is 1. The van der Waals surface area contributed by atoms with E-state index in [1.54, 1.807) is 14.2 Å². The summed E-state index contributed by atoms with van der Waals surface area (Å²) in [6.07, 6.45) is 3.89. The quantitative estimate of drug-likeness (QED) is 0.297. The molecule has 1 fully saturated rings. The summed E-state index contributed by atoms with van der Waals surface area (Å²) in [5.74, 6) is 0.853. The highest BCUT2D eigenvalue weighted by Gasteiger charge is 2.16. The SMILES string of the molecule is CN=C(NCCCN1CCCC1)NCC(C)(C)OC.I. The van der Waals surface area contributed by atoms with Crippen molar-refractivity contribution in [2.24, 2.45) is 4.99 Å². The first kappa shape index (κ1) is 19.9. The van der Waals surface area contributed by atoms with Crippen molar-refractivity contribution < 1.29 is 4.74 Å². The molecule has 6 heteroatoms. The molecule has 0 unspecified atom stereocenters. The van der Waals surface area contributed by atoms with E-state index in [9.17, 15) is 0 Å². The van der Waals surface area contributed by atoms with Crippen LogP contribution in [0.2, 0.25) is 0 Å². The maximum Gasteiger partial charge on any atom is 0.191 e. The van der Waals surface area contributed by atoms with Crippen molar-refractivity contribution in [2.75, 3.05) is 46.9 Å². The van der Waals surface area contributed by atoms with Gasteiger partial charge in [-0.3, -0.25) is 4.99 Å². The topological polar surface area (TPSA) is 48.9 Å². The number of aliphatic imine (C=N–C) groups is 1. The average Bonchev–Trinajstić information content (AvgIpc) is 2.91. The average molecular weight is 398 g/mol. The molecule has 0 aliphatic carbocycles. The van der Waals surface area contributed by atoms with Crippen molar-refractivity contribution in [3.63, 3.8) is 0 Å². The lowest BCUT2D eigenvalue weighted by Gasteiger charge is -2.24. The van der Waals surface area contributed by atoms with Crippen LogP contribution >= 0.6 is 24.0 Å². The molecule has 0 atom stereocenters. The van der Waals surface area contributed by atoms with Gasteiger partial charge >= 0.3 is 0 Å². The number of ether oxygens (including phenoxy) is 1. The van der Waals surface area contributed by atoms with Gasteiger partial charge in [0.2, 0.25) is 0 Å². The van der Waals surface area contributed by atoms with E-state index in [0.717, 1.165) is 25.5 Å². The van der Waals surface area contributed by atoms with Crippen LogP contribution in [0.4, 0.5) is 0 Å². The summed E-state index contributed by atoms with van der Waals surface area (Å²) in [6.45, 7) is 9.55. The van der Waals surface area contributed by atoms with E-state index in [1.165, 1.54) is 32.5 Å². The zero-order valence-corrected chi connectivity index (χ0v) is 15.7. The van der Waals surface area contributed by atoms with Gasteiger partial charge in [-0.1, -0.05) is 0 Å². The number of nitrogens with one attached hydrogen (secondary N) is 2. The highest BCUT2D eigenvalue weighted by Crippen LogP contribution is 2.07. The summed E-state index contributed by atoms with van der Waals surface area (Å²) in [5.41, 5.74) is -0.173. The molecular formula is C14H31IN4O. The molecule has 5 nitrogen and oxygen atoms in total. The van der Waals surface area contributed by atoms with E-state index in [1.807, 2.05) is 0 Å². The van der Waals surface area contributed by atoms with Crippen LogP contribution in [-0.4, -0.2) is 63.3 Å². The molecule has 0 bridgehead atoms. The first-order valence-electron chi connectivity index (χ1n) is 7.29. The van der Waals surface area contributed by atoms with Crippen LogP contribution < -0.4 is 10.6 Å². The first-order chi connectivity index (χ1) is 9.07. The fraction of sp³-hybridized carbons (Fsp3) is 0.929. The second-order valence-electron chi connectivity index (χ2n) is 5.72. The number of hydrogen-bond acceptors (Lipinski definition) is 3. The molecule has 1 rings (SSSR count).